The fraction of sp³-hybridized carbons (Fsp3) is 0.636. The van der Waals surface area contributed by atoms with E-state index in [-0.39, 0.29) is 0 Å². The van der Waals surface area contributed by atoms with Crippen LogP contribution in [0.5, 0.6) is 0 Å². The largest absolute Gasteiger partial charge is 0.380 e. The van der Waals surface area contributed by atoms with E-state index in [1.165, 1.54) is 17.8 Å². The third-order valence-electron chi connectivity index (χ3n) is 2.99. The molecule has 1 aliphatic rings. The molecule has 1 aliphatic heterocycles. The van der Waals surface area contributed by atoms with Crippen molar-refractivity contribution in [1.29, 1.82) is 0 Å². The Labute approximate surface area is 89.9 Å². The zero-order valence-electron chi connectivity index (χ0n) is 9.08. The normalized spacial score (nSPS) is 28.2. The number of nitrogens with zero attached hydrogens (tertiary/aromatic N) is 1. The van der Waals surface area contributed by atoms with E-state index in [2.05, 4.69) is 41.9 Å². The first-order valence-corrected chi connectivity index (χ1v) is 6.09. The van der Waals surface area contributed by atoms with Crippen molar-refractivity contribution >= 4 is 17.0 Å². The molecule has 1 N–H and O–H groups in total. The predicted molar refractivity (Wildman–Crippen MR) is 63.1 cm³/mol. The van der Waals surface area contributed by atoms with Crippen LogP contribution in [0.25, 0.3) is 0 Å². The van der Waals surface area contributed by atoms with Gasteiger partial charge in [0, 0.05) is 30.2 Å². The molecule has 0 spiro atoms. The Kier molecular flexibility index (Phi) is 2.79. The zero-order chi connectivity index (χ0) is 10.1. The van der Waals surface area contributed by atoms with Crippen molar-refractivity contribution in [2.24, 2.45) is 5.92 Å². The first-order chi connectivity index (χ1) is 6.66. The van der Waals surface area contributed by atoms with E-state index in [1.54, 1.807) is 11.3 Å². The van der Waals surface area contributed by atoms with Gasteiger partial charge in [0.1, 0.15) is 0 Å². The molecule has 2 heterocycles. The SMILES string of the molecule is Cc1cscc1NC1CN(C)CC1C. The molecule has 1 aromatic rings. The van der Waals surface area contributed by atoms with Crippen LogP contribution in [0.2, 0.25) is 0 Å². The molecule has 2 rings (SSSR count). The van der Waals surface area contributed by atoms with E-state index in [0.29, 0.717) is 6.04 Å². The van der Waals surface area contributed by atoms with Crippen molar-refractivity contribution in [3.05, 3.63) is 16.3 Å². The lowest BCUT2D eigenvalue weighted by atomic mass is 10.1. The molecule has 0 aliphatic carbocycles. The van der Waals surface area contributed by atoms with Gasteiger partial charge in [-0.15, -0.1) is 11.3 Å². The van der Waals surface area contributed by atoms with Crippen LogP contribution in [-0.4, -0.2) is 31.1 Å². The lowest BCUT2D eigenvalue weighted by Crippen LogP contribution is -2.27. The molecule has 0 amide bonds. The summed E-state index contributed by atoms with van der Waals surface area (Å²) in [6.45, 7) is 6.86. The van der Waals surface area contributed by atoms with Gasteiger partial charge in [-0.05, 0) is 30.8 Å². The fourth-order valence-corrected chi connectivity index (χ4v) is 2.89. The van der Waals surface area contributed by atoms with Crippen LogP contribution in [-0.2, 0) is 0 Å². The van der Waals surface area contributed by atoms with E-state index in [0.717, 1.165) is 12.5 Å². The molecular weight excluding hydrogens is 192 g/mol. The second-order valence-electron chi connectivity index (χ2n) is 4.42. The maximum atomic E-state index is 3.64. The molecule has 2 atom stereocenters. The monoisotopic (exact) mass is 210 g/mol. The molecule has 1 saturated heterocycles. The Hall–Kier alpha value is -0.540. The molecule has 0 radical (unpaired) electrons. The zero-order valence-corrected chi connectivity index (χ0v) is 9.90. The van der Waals surface area contributed by atoms with Crippen LogP contribution < -0.4 is 5.32 Å². The molecule has 1 fully saturated rings. The Morgan fingerprint density at radius 1 is 1.43 bits per heavy atom. The minimum atomic E-state index is 0.619. The minimum Gasteiger partial charge on any atom is -0.380 e. The molecule has 2 unspecified atom stereocenters. The number of likely N-dealkylation sites (tertiary alicyclic amines) is 1. The van der Waals surface area contributed by atoms with Crippen molar-refractivity contribution in [1.82, 2.24) is 4.90 Å². The number of likely N-dealkylation sites (N-methyl/N-ethyl adjacent to an activating group) is 1. The van der Waals surface area contributed by atoms with Crippen molar-refractivity contribution in [3.8, 4) is 0 Å². The van der Waals surface area contributed by atoms with Crippen LogP contribution in [0, 0.1) is 12.8 Å². The fourth-order valence-electron chi connectivity index (χ4n) is 2.11. The number of thiophene rings is 1. The summed E-state index contributed by atoms with van der Waals surface area (Å²) in [4.78, 5) is 2.39. The van der Waals surface area contributed by atoms with Gasteiger partial charge in [0.2, 0.25) is 0 Å². The van der Waals surface area contributed by atoms with Gasteiger partial charge < -0.3 is 10.2 Å². The van der Waals surface area contributed by atoms with Crippen LogP contribution in [0.1, 0.15) is 12.5 Å². The summed E-state index contributed by atoms with van der Waals surface area (Å²) in [7, 11) is 2.19. The maximum absolute atomic E-state index is 3.64. The van der Waals surface area contributed by atoms with Crippen LogP contribution >= 0.6 is 11.3 Å². The average molecular weight is 210 g/mol. The lowest BCUT2D eigenvalue weighted by molar-refractivity contribution is 0.401. The minimum absolute atomic E-state index is 0.619. The van der Waals surface area contributed by atoms with Gasteiger partial charge in [0.25, 0.3) is 0 Å². The van der Waals surface area contributed by atoms with E-state index in [9.17, 15) is 0 Å². The Balaban J connectivity index is 2.01. The van der Waals surface area contributed by atoms with E-state index in [4.69, 9.17) is 0 Å². The van der Waals surface area contributed by atoms with Gasteiger partial charge in [-0.1, -0.05) is 6.92 Å². The maximum Gasteiger partial charge on any atom is 0.0481 e. The first-order valence-electron chi connectivity index (χ1n) is 5.14. The second kappa shape index (κ2) is 3.91. The highest BCUT2D eigenvalue weighted by Crippen LogP contribution is 2.24. The summed E-state index contributed by atoms with van der Waals surface area (Å²) in [5.74, 6) is 0.749. The van der Waals surface area contributed by atoms with E-state index in [1.807, 2.05) is 0 Å². The first kappa shape index (κ1) is 9.99. The highest BCUT2D eigenvalue weighted by atomic mass is 32.1. The molecule has 14 heavy (non-hydrogen) atoms. The molecule has 2 nitrogen and oxygen atoms in total. The van der Waals surface area contributed by atoms with Crippen LogP contribution in [0.15, 0.2) is 10.8 Å². The summed E-state index contributed by atoms with van der Waals surface area (Å²) in [6, 6.07) is 0.619. The van der Waals surface area contributed by atoms with Gasteiger partial charge in [-0.25, -0.2) is 0 Å². The molecule has 1 aromatic heterocycles. The van der Waals surface area contributed by atoms with E-state index >= 15 is 0 Å². The van der Waals surface area contributed by atoms with Crippen molar-refractivity contribution < 1.29 is 0 Å². The van der Waals surface area contributed by atoms with Crippen molar-refractivity contribution in [3.63, 3.8) is 0 Å². The number of aryl methyl sites for hydroxylation is 1. The Morgan fingerprint density at radius 2 is 2.21 bits per heavy atom. The van der Waals surface area contributed by atoms with Gasteiger partial charge in [-0.3, -0.25) is 0 Å². The van der Waals surface area contributed by atoms with Gasteiger partial charge in [0.05, 0.1) is 0 Å². The predicted octanol–water partition coefficient (Wildman–Crippen LogP) is 2.42. The second-order valence-corrected chi connectivity index (χ2v) is 5.16. The molecule has 3 heteroatoms. The quantitative estimate of drug-likeness (QED) is 0.806. The van der Waals surface area contributed by atoms with Crippen LogP contribution in [0.4, 0.5) is 5.69 Å². The number of rotatable bonds is 2. The summed E-state index contributed by atoms with van der Waals surface area (Å²) >= 11 is 1.78. The molecule has 78 valence electrons. The summed E-state index contributed by atoms with van der Waals surface area (Å²) in [6.07, 6.45) is 0. The summed E-state index contributed by atoms with van der Waals surface area (Å²) < 4.78 is 0. The Bertz CT molecular complexity index is 308. The average Bonchev–Trinajstić information content (AvgIpc) is 2.62. The molecule has 0 bridgehead atoms. The van der Waals surface area contributed by atoms with Crippen molar-refractivity contribution in [2.45, 2.75) is 19.9 Å². The van der Waals surface area contributed by atoms with Gasteiger partial charge in [-0.2, -0.15) is 0 Å². The summed E-state index contributed by atoms with van der Waals surface area (Å²) in [5, 5.41) is 8.05. The number of hydrogen-bond donors (Lipinski definition) is 1. The summed E-state index contributed by atoms with van der Waals surface area (Å²) in [5.41, 5.74) is 2.69. The third kappa shape index (κ3) is 1.93. The number of hydrogen-bond acceptors (Lipinski definition) is 3. The van der Waals surface area contributed by atoms with Gasteiger partial charge >= 0.3 is 0 Å². The highest BCUT2D eigenvalue weighted by Gasteiger charge is 2.27. The number of nitrogens with one attached hydrogen (secondary N) is 1. The number of anilines is 1. The standard InChI is InChI=1S/C11H18N2S/c1-8-4-13(3)5-10(8)12-11-7-14-6-9(11)2/h6-8,10,12H,4-5H2,1-3H3. The Morgan fingerprint density at radius 3 is 2.71 bits per heavy atom. The van der Waals surface area contributed by atoms with Gasteiger partial charge in [0.15, 0.2) is 0 Å². The van der Waals surface area contributed by atoms with Crippen molar-refractivity contribution in [2.75, 3.05) is 25.5 Å². The molecule has 0 saturated carbocycles. The lowest BCUT2D eigenvalue weighted by Gasteiger charge is -2.17. The third-order valence-corrected chi connectivity index (χ3v) is 3.85. The topological polar surface area (TPSA) is 15.3 Å². The smallest absolute Gasteiger partial charge is 0.0481 e. The van der Waals surface area contributed by atoms with E-state index < -0.39 is 0 Å². The molecule has 0 aromatic carbocycles. The highest BCUT2D eigenvalue weighted by molar-refractivity contribution is 7.08. The molecular formula is C11H18N2S. The van der Waals surface area contributed by atoms with Crippen LogP contribution in [0.3, 0.4) is 0 Å².